The molecule has 0 bridgehead atoms. The van der Waals surface area contributed by atoms with Crippen LogP contribution in [0.4, 0.5) is 5.69 Å². The van der Waals surface area contributed by atoms with Crippen molar-refractivity contribution in [3.05, 3.63) is 122 Å². The van der Waals surface area contributed by atoms with E-state index in [1.807, 2.05) is 43.3 Å². The number of hydrogen-bond donors (Lipinski definition) is 2. The lowest BCUT2D eigenvalue weighted by atomic mass is 10.1. The van der Waals surface area contributed by atoms with Crippen LogP contribution in [0.25, 0.3) is 17.1 Å². The highest BCUT2D eigenvalue weighted by Gasteiger charge is 2.14. The zero-order valence-electron chi connectivity index (χ0n) is 20.2. The first-order valence-electron chi connectivity index (χ1n) is 11.6. The zero-order valence-corrected chi connectivity index (χ0v) is 21.8. The molecule has 0 spiro atoms. The number of thiophene rings is 1. The van der Waals surface area contributed by atoms with Crippen LogP contribution in [0.15, 0.2) is 96.3 Å². The van der Waals surface area contributed by atoms with Crippen molar-refractivity contribution in [1.29, 1.82) is 0 Å². The van der Waals surface area contributed by atoms with E-state index in [0.717, 1.165) is 11.3 Å². The fraction of sp³-hybridized carbons (Fsp3) is 0.0741. The molecule has 0 saturated carbocycles. The molecular formula is C27H22ClN7O2S. The van der Waals surface area contributed by atoms with Crippen LogP contribution in [-0.2, 0) is 6.54 Å². The van der Waals surface area contributed by atoms with Gasteiger partial charge in [0.05, 0.1) is 39.0 Å². The lowest BCUT2D eigenvalue weighted by molar-refractivity contribution is 0.0954. The van der Waals surface area contributed by atoms with Crippen LogP contribution in [0.1, 0.15) is 27.9 Å². The van der Waals surface area contributed by atoms with E-state index in [4.69, 9.17) is 11.6 Å². The van der Waals surface area contributed by atoms with Gasteiger partial charge in [0.25, 0.3) is 11.5 Å². The van der Waals surface area contributed by atoms with Gasteiger partial charge in [0.15, 0.2) is 0 Å². The van der Waals surface area contributed by atoms with E-state index in [9.17, 15) is 9.59 Å². The highest BCUT2D eigenvalue weighted by atomic mass is 35.5. The molecule has 5 aromatic rings. The number of allylic oxidation sites excluding steroid dienone is 1. The number of amides is 1. The Kier molecular flexibility index (Phi) is 7.43. The maximum absolute atomic E-state index is 12.5. The zero-order chi connectivity index (χ0) is 26.5. The first-order chi connectivity index (χ1) is 18.5. The molecule has 0 aliphatic carbocycles. The lowest BCUT2D eigenvalue weighted by Crippen LogP contribution is -2.21. The summed E-state index contributed by atoms with van der Waals surface area (Å²) in [5.41, 5.74) is 4.26. The van der Waals surface area contributed by atoms with Gasteiger partial charge in [-0.1, -0.05) is 29.0 Å². The minimum absolute atomic E-state index is 0.143. The van der Waals surface area contributed by atoms with Gasteiger partial charge in [-0.15, -0.1) is 16.4 Å². The van der Waals surface area contributed by atoms with Crippen molar-refractivity contribution in [1.82, 2.24) is 29.9 Å². The molecule has 4 aromatic heterocycles. The minimum Gasteiger partial charge on any atom is -0.353 e. The number of nitrogens with zero attached hydrogens (tertiary/aromatic N) is 5. The Hall–Kier alpha value is -4.54. The molecule has 38 heavy (non-hydrogen) atoms. The highest BCUT2D eigenvalue weighted by Crippen LogP contribution is 2.27. The Labute approximate surface area is 227 Å². The van der Waals surface area contributed by atoms with E-state index >= 15 is 0 Å². The summed E-state index contributed by atoms with van der Waals surface area (Å²) in [6.07, 6.45) is 8.89. The molecule has 4 heterocycles. The van der Waals surface area contributed by atoms with Gasteiger partial charge in [0.2, 0.25) is 0 Å². The first-order valence-corrected chi connectivity index (χ1v) is 12.8. The monoisotopic (exact) mass is 543 g/mol. The fourth-order valence-electron chi connectivity index (χ4n) is 3.78. The Balaban J connectivity index is 1.46. The number of carbonyl (C=O) groups excluding carboxylic acids is 1. The van der Waals surface area contributed by atoms with Gasteiger partial charge >= 0.3 is 0 Å². The Morgan fingerprint density at radius 3 is 2.76 bits per heavy atom. The molecule has 5 rings (SSSR count). The summed E-state index contributed by atoms with van der Waals surface area (Å²) in [5.74, 6) is -0.231. The van der Waals surface area contributed by atoms with Crippen molar-refractivity contribution < 1.29 is 4.79 Å². The predicted molar refractivity (Wildman–Crippen MR) is 149 cm³/mol. The van der Waals surface area contributed by atoms with Crippen molar-refractivity contribution in [3.63, 3.8) is 0 Å². The number of halogens is 1. The standard InChI is InChI=1S/C27H22ClN7O2S/c1-2-21(18-6-5-12-29-15-18)31-22-14-20(34-13-4-3-7-26(34)36)8-9-23(22)35-17-19(32-33-35)16-30-27(37)24-10-11-25(28)38-24/h2-15,17,31H,16H2,1H3,(H,30,37)/b21-2-. The lowest BCUT2D eigenvalue weighted by Gasteiger charge is -2.16. The van der Waals surface area contributed by atoms with Crippen LogP contribution >= 0.6 is 22.9 Å². The summed E-state index contributed by atoms with van der Waals surface area (Å²) in [7, 11) is 0. The normalized spacial score (nSPS) is 11.4. The molecule has 190 valence electrons. The van der Waals surface area contributed by atoms with E-state index < -0.39 is 0 Å². The fourth-order valence-corrected chi connectivity index (χ4v) is 4.74. The van der Waals surface area contributed by atoms with Crippen LogP contribution in [0, 0.1) is 0 Å². The average molecular weight is 544 g/mol. The predicted octanol–water partition coefficient (Wildman–Crippen LogP) is 4.93. The van der Waals surface area contributed by atoms with Crippen LogP contribution < -0.4 is 16.2 Å². The van der Waals surface area contributed by atoms with Gasteiger partial charge in [0, 0.05) is 35.9 Å². The van der Waals surface area contributed by atoms with Crippen LogP contribution in [0.5, 0.6) is 0 Å². The van der Waals surface area contributed by atoms with Crippen LogP contribution in [-0.4, -0.2) is 30.5 Å². The Morgan fingerprint density at radius 2 is 2.03 bits per heavy atom. The van der Waals surface area contributed by atoms with Crippen molar-refractivity contribution in [3.8, 4) is 11.4 Å². The number of anilines is 1. The van der Waals surface area contributed by atoms with E-state index in [-0.39, 0.29) is 18.0 Å². The maximum atomic E-state index is 12.5. The number of aromatic nitrogens is 5. The topological polar surface area (TPSA) is 107 Å². The van der Waals surface area contributed by atoms with Gasteiger partial charge in [0.1, 0.15) is 5.69 Å². The quantitative estimate of drug-likeness (QED) is 0.287. The summed E-state index contributed by atoms with van der Waals surface area (Å²) in [6.45, 7) is 2.13. The van der Waals surface area contributed by atoms with Crippen molar-refractivity contribution in [2.24, 2.45) is 0 Å². The third-order valence-electron chi connectivity index (χ3n) is 5.63. The van der Waals surface area contributed by atoms with Crippen LogP contribution in [0.2, 0.25) is 4.34 Å². The average Bonchev–Trinajstić information content (AvgIpc) is 3.60. The van der Waals surface area contributed by atoms with E-state index in [2.05, 4.69) is 25.9 Å². The van der Waals surface area contributed by atoms with Gasteiger partial charge < -0.3 is 10.6 Å². The molecule has 9 nitrogen and oxygen atoms in total. The molecular weight excluding hydrogens is 522 g/mol. The van der Waals surface area contributed by atoms with Gasteiger partial charge in [-0.25, -0.2) is 4.68 Å². The van der Waals surface area contributed by atoms with Gasteiger partial charge in [-0.05, 0) is 55.5 Å². The molecule has 0 atom stereocenters. The number of pyridine rings is 2. The summed E-state index contributed by atoms with van der Waals surface area (Å²) in [4.78, 5) is 29.6. The molecule has 0 saturated heterocycles. The molecule has 0 radical (unpaired) electrons. The maximum Gasteiger partial charge on any atom is 0.261 e. The molecule has 1 aromatic carbocycles. The summed E-state index contributed by atoms with van der Waals surface area (Å²) in [6, 6.07) is 17.8. The molecule has 0 aliphatic heterocycles. The third-order valence-corrected chi connectivity index (χ3v) is 6.86. The largest absolute Gasteiger partial charge is 0.353 e. The van der Waals surface area contributed by atoms with Crippen molar-refractivity contribution >= 4 is 40.2 Å². The number of hydrogen-bond acceptors (Lipinski definition) is 7. The summed E-state index contributed by atoms with van der Waals surface area (Å²) < 4.78 is 3.74. The Morgan fingerprint density at radius 1 is 1.13 bits per heavy atom. The van der Waals surface area contributed by atoms with E-state index in [1.165, 1.54) is 17.4 Å². The van der Waals surface area contributed by atoms with Crippen LogP contribution in [0.3, 0.4) is 0 Å². The van der Waals surface area contributed by atoms with E-state index in [0.29, 0.717) is 32.0 Å². The molecule has 1 amide bonds. The first kappa shape index (κ1) is 25.1. The second kappa shape index (κ2) is 11.2. The van der Waals surface area contributed by atoms with Crippen molar-refractivity contribution in [2.75, 3.05) is 5.32 Å². The molecule has 0 aliphatic rings. The minimum atomic E-state index is -0.231. The number of benzene rings is 1. The van der Waals surface area contributed by atoms with E-state index in [1.54, 1.807) is 58.3 Å². The number of nitrogens with one attached hydrogen (secondary N) is 2. The number of carbonyl (C=O) groups is 1. The summed E-state index contributed by atoms with van der Waals surface area (Å²) in [5, 5.41) is 14.8. The molecule has 0 fully saturated rings. The second-order valence-electron chi connectivity index (χ2n) is 8.12. The van der Waals surface area contributed by atoms with Gasteiger partial charge in [-0.3, -0.25) is 19.1 Å². The molecule has 2 N–H and O–H groups in total. The third kappa shape index (κ3) is 5.56. The highest BCUT2D eigenvalue weighted by molar-refractivity contribution is 7.18. The van der Waals surface area contributed by atoms with Gasteiger partial charge in [-0.2, -0.15) is 0 Å². The number of rotatable bonds is 8. The summed E-state index contributed by atoms with van der Waals surface area (Å²) >= 11 is 7.14. The Bertz CT molecular complexity index is 1670. The molecule has 11 heteroatoms. The SMILES string of the molecule is C/C=C(\Nc1cc(-n2ccccc2=O)ccc1-n1cc(CNC(=O)c2ccc(Cl)s2)nn1)c1cccnc1. The second-order valence-corrected chi connectivity index (χ2v) is 9.84. The van der Waals surface area contributed by atoms with Crippen molar-refractivity contribution in [2.45, 2.75) is 13.5 Å². The smallest absolute Gasteiger partial charge is 0.261 e. The molecule has 0 unspecified atom stereocenters.